The van der Waals surface area contributed by atoms with Crippen molar-refractivity contribution in [2.45, 2.75) is 64.3 Å². The molecule has 6 rings (SSSR count). The predicted molar refractivity (Wildman–Crippen MR) is 215 cm³/mol. The number of nitrogens with zero attached hydrogens (tertiary/aromatic N) is 5. The molecule has 3 fully saturated rings. The highest BCUT2D eigenvalue weighted by molar-refractivity contribution is 9.11. The number of hydrogen-bond acceptors (Lipinski definition) is 7. The van der Waals surface area contributed by atoms with Gasteiger partial charge in [-0.25, -0.2) is 9.59 Å². The van der Waals surface area contributed by atoms with E-state index in [9.17, 15) is 27.9 Å². The van der Waals surface area contributed by atoms with Gasteiger partial charge in [-0.15, -0.1) is 0 Å². The van der Waals surface area contributed by atoms with E-state index in [-0.39, 0.29) is 35.7 Å². The molecule has 0 radical (unpaired) electrons. The third kappa shape index (κ3) is 10.3. The Hall–Kier alpha value is -2.92. The van der Waals surface area contributed by atoms with Gasteiger partial charge in [0.25, 0.3) is 10.2 Å². The number of ether oxygens (including phenoxy) is 1. The second-order valence-corrected chi connectivity index (χ2v) is 18.8. The van der Waals surface area contributed by atoms with E-state index in [0.717, 1.165) is 69.3 Å². The van der Waals surface area contributed by atoms with Crippen molar-refractivity contribution in [3.8, 4) is 5.75 Å². The van der Waals surface area contributed by atoms with Crippen LogP contribution in [0.5, 0.6) is 5.75 Å². The number of phenols is 1. The number of methoxy groups -OCH3 is 1. The van der Waals surface area contributed by atoms with Gasteiger partial charge in [0.1, 0.15) is 5.75 Å². The number of piperidine rings is 3. The maximum atomic E-state index is 13.0. The van der Waals surface area contributed by atoms with Crippen molar-refractivity contribution in [2.24, 2.45) is 17.8 Å². The fourth-order valence-electron chi connectivity index (χ4n) is 8.12. The zero-order chi connectivity index (χ0) is 39.2. The van der Waals surface area contributed by atoms with E-state index in [4.69, 9.17) is 4.74 Å². The molecular formula is C38H54Br2N6O7S. The zero-order valence-electron chi connectivity index (χ0n) is 31.7. The molecule has 3 saturated heterocycles. The number of hydrogen-bond donors (Lipinski definition) is 2. The first-order chi connectivity index (χ1) is 25.7. The van der Waals surface area contributed by atoms with E-state index in [0.29, 0.717) is 59.9 Å². The third-order valence-corrected chi connectivity index (χ3v) is 14.5. The monoisotopic (exact) mass is 896 g/mol. The first kappa shape index (κ1) is 42.2. The molecule has 4 aliphatic rings. The van der Waals surface area contributed by atoms with Crippen molar-refractivity contribution in [1.29, 1.82) is 0 Å². The van der Waals surface area contributed by atoms with Crippen LogP contribution >= 0.6 is 31.9 Å². The molecule has 54 heavy (non-hydrogen) atoms. The quantitative estimate of drug-likeness (QED) is 0.339. The normalized spacial score (nSPS) is 20.1. The van der Waals surface area contributed by atoms with E-state index < -0.39 is 10.2 Å². The van der Waals surface area contributed by atoms with E-state index in [2.05, 4.69) is 43.2 Å². The number of likely N-dealkylation sites (tertiary alicyclic amines) is 2. The maximum Gasteiger partial charge on any atom is 0.409 e. The number of aromatic hydroxyl groups is 1. The van der Waals surface area contributed by atoms with Gasteiger partial charge in [0.2, 0.25) is 5.91 Å². The molecule has 4 amide bonds. The Morgan fingerprint density at radius 1 is 0.907 bits per heavy atom. The molecular weight excluding hydrogens is 844 g/mol. The molecule has 0 saturated carbocycles. The summed E-state index contributed by atoms with van der Waals surface area (Å²) in [6.45, 7) is 6.65. The Morgan fingerprint density at radius 3 is 2.04 bits per heavy atom. The molecule has 2 N–H and O–H groups in total. The summed E-state index contributed by atoms with van der Waals surface area (Å²) in [5.41, 5.74) is 3.07. The number of amides is 4. The van der Waals surface area contributed by atoms with Gasteiger partial charge in [0, 0.05) is 77.6 Å². The molecule has 0 unspecified atom stereocenters. The van der Waals surface area contributed by atoms with Crippen LogP contribution < -0.4 is 5.32 Å². The zero-order valence-corrected chi connectivity index (χ0v) is 35.7. The van der Waals surface area contributed by atoms with Crippen LogP contribution in [0.3, 0.4) is 0 Å². The minimum Gasteiger partial charge on any atom is -0.506 e. The Kier molecular flexibility index (Phi) is 14.7. The van der Waals surface area contributed by atoms with Crippen LogP contribution in [-0.4, -0.2) is 128 Å². The summed E-state index contributed by atoms with van der Waals surface area (Å²) in [6.07, 6.45) is 6.53. The van der Waals surface area contributed by atoms with Gasteiger partial charge in [-0.3, -0.25) is 4.79 Å². The van der Waals surface area contributed by atoms with Crippen molar-refractivity contribution < 1.29 is 32.6 Å². The maximum absolute atomic E-state index is 13.0. The van der Waals surface area contributed by atoms with Crippen LogP contribution in [0.4, 0.5) is 15.3 Å². The number of urea groups is 1. The molecule has 4 aliphatic heterocycles. The Bertz CT molecular complexity index is 1720. The number of rotatable bonds is 7. The second kappa shape index (κ2) is 18.8. The number of para-hydroxylation sites is 1. The lowest BCUT2D eigenvalue weighted by Gasteiger charge is -2.40. The molecule has 0 spiro atoms. The minimum absolute atomic E-state index is 0.0403. The molecule has 13 nitrogen and oxygen atoms in total. The standard InChI is InChI=1S/C22H33Br2N3O4S.C16H21N3O3/c1-15(12-16-13-19(23)21(28)20(24)14-16)22(29)26-8-4-17(5-9-26)18-6-10-27(11-7-18)32(30,31)25(2)3;1-22-16(21)18-9-7-13(8-10-18)19-11-6-12-4-2-3-5-14(12)17-15(19)20/h13-15,17-18,28H,4-12H2,1-3H3;2-5,13H,6-11H2,1H3,(H,17,20)/t15-;/m1./s1. The largest absolute Gasteiger partial charge is 0.506 e. The molecule has 4 heterocycles. The van der Waals surface area contributed by atoms with Crippen molar-refractivity contribution in [1.82, 2.24) is 23.3 Å². The van der Waals surface area contributed by atoms with Crippen LogP contribution in [0.15, 0.2) is 45.3 Å². The fourth-order valence-corrected chi connectivity index (χ4v) is 10.5. The summed E-state index contributed by atoms with van der Waals surface area (Å²) in [5, 5.41) is 12.9. The van der Waals surface area contributed by atoms with Gasteiger partial charge in [-0.1, -0.05) is 25.1 Å². The third-order valence-electron chi connectivity index (χ3n) is 11.3. The topological polar surface area (TPSA) is 143 Å². The van der Waals surface area contributed by atoms with E-state index in [1.807, 2.05) is 47.1 Å². The Morgan fingerprint density at radius 2 is 1.46 bits per heavy atom. The van der Waals surface area contributed by atoms with Gasteiger partial charge >= 0.3 is 12.1 Å². The number of benzene rings is 2. The summed E-state index contributed by atoms with van der Waals surface area (Å²) in [5.74, 6) is 1.30. The molecule has 2 aromatic carbocycles. The summed E-state index contributed by atoms with van der Waals surface area (Å²) in [4.78, 5) is 42.6. The molecule has 16 heteroatoms. The highest BCUT2D eigenvalue weighted by Gasteiger charge is 2.36. The number of halogens is 2. The van der Waals surface area contributed by atoms with Crippen molar-refractivity contribution in [2.75, 3.05) is 72.3 Å². The number of phenolic OH excluding ortho intramolecular Hbond substituents is 1. The number of carbonyl (C=O) groups is 3. The molecule has 0 aromatic heterocycles. The molecule has 0 aliphatic carbocycles. The lowest BCUT2D eigenvalue weighted by molar-refractivity contribution is -0.136. The smallest absolute Gasteiger partial charge is 0.409 e. The molecule has 0 bridgehead atoms. The van der Waals surface area contributed by atoms with Crippen molar-refractivity contribution in [3.63, 3.8) is 0 Å². The predicted octanol–water partition coefficient (Wildman–Crippen LogP) is 6.16. The van der Waals surface area contributed by atoms with Gasteiger partial charge in [0.05, 0.1) is 16.1 Å². The van der Waals surface area contributed by atoms with E-state index >= 15 is 0 Å². The number of anilines is 1. The lowest BCUT2D eigenvalue weighted by atomic mass is 9.79. The Labute approximate surface area is 336 Å². The fraction of sp³-hybridized carbons (Fsp3) is 0.605. The van der Waals surface area contributed by atoms with Crippen molar-refractivity contribution in [3.05, 3.63) is 56.5 Å². The summed E-state index contributed by atoms with van der Waals surface area (Å²) in [7, 11) is 1.23. The lowest BCUT2D eigenvalue weighted by Crippen LogP contribution is -2.50. The number of fused-ring (bicyclic) bond motifs is 1. The van der Waals surface area contributed by atoms with Crippen molar-refractivity contribution >= 4 is 65.8 Å². The van der Waals surface area contributed by atoms with Gasteiger partial charge in [0.15, 0.2) is 0 Å². The number of carbonyl (C=O) groups excluding carboxylic acids is 3. The Balaban J connectivity index is 0.000000222. The summed E-state index contributed by atoms with van der Waals surface area (Å²) >= 11 is 6.70. The van der Waals surface area contributed by atoms with Crippen LogP contribution in [0.1, 0.15) is 56.6 Å². The van der Waals surface area contributed by atoms with Crippen LogP contribution in [0, 0.1) is 17.8 Å². The SMILES string of the molecule is COC(=O)N1CCC(N2CCc3ccccc3NC2=O)CC1.C[C@H](Cc1cc(Br)c(O)c(Br)c1)C(=O)N1CCC(C2CCN(S(=O)(=O)N(C)C)CC2)CC1. The van der Waals surface area contributed by atoms with E-state index in [1.54, 1.807) is 23.3 Å². The highest BCUT2D eigenvalue weighted by atomic mass is 79.9. The van der Waals surface area contributed by atoms with E-state index in [1.165, 1.54) is 17.0 Å². The first-order valence-corrected chi connectivity index (χ1v) is 21.8. The summed E-state index contributed by atoms with van der Waals surface area (Å²) < 4.78 is 33.5. The molecule has 2 aromatic rings. The highest BCUT2D eigenvalue weighted by Crippen LogP contribution is 2.36. The van der Waals surface area contributed by atoms with Gasteiger partial charge in [-0.05, 0) is 124 Å². The molecule has 1 atom stereocenters. The number of nitrogens with one attached hydrogen (secondary N) is 1. The first-order valence-electron chi connectivity index (χ1n) is 18.8. The minimum atomic E-state index is -3.32. The van der Waals surface area contributed by atoms with Gasteiger partial charge in [-0.2, -0.15) is 17.0 Å². The molecule has 298 valence electrons. The van der Waals surface area contributed by atoms with Crippen LogP contribution in [0.2, 0.25) is 0 Å². The average molecular weight is 899 g/mol. The second-order valence-electron chi connectivity index (χ2n) is 14.9. The summed E-state index contributed by atoms with van der Waals surface area (Å²) in [6, 6.07) is 11.8. The van der Waals surface area contributed by atoms with Gasteiger partial charge < -0.3 is 29.9 Å². The van der Waals surface area contributed by atoms with Crippen LogP contribution in [-0.2, 0) is 32.6 Å². The average Bonchev–Trinajstić information content (AvgIpc) is 3.34. The van der Waals surface area contributed by atoms with Crippen LogP contribution in [0.25, 0.3) is 0 Å².